The number of aromatic nitrogens is 3. The van der Waals surface area contributed by atoms with Crippen LogP contribution >= 0.6 is 22.6 Å². The number of aromatic carboxylic acids is 1. The summed E-state index contributed by atoms with van der Waals surface area (Å²) in [6.07, 6.45) is 0. The molecule has 0 radical (unpaired) electrons. The zero-order valence-electron chi connectivity index (χ0n) is 11.0. The third-order valence-electron chi connectivity index (χ3n) is 2.31. The first-order valence-corrected chi connectivity index (χ1v) is 6.66. The number of nitrogens with zero attached hydrogens (tertiary/aromatic N) is 3. The Balaban J connectivity index is 2.40. The summed E-state index contributed by atoms with van der Waals surface area (Å²) in [6, 6.07) is 4.58. The van der Waals surface area contributed by atoms with Crippen molar-refractivity contribution in [2.75, 3.05) is 14.2 Å². The Bertz CT molecular complexity index is 658. The number of carboxylic acids is 1. The van der Waals surface area contributed by atoms with Gasteiger partial charge in [-0.1, -0.05) is 0 Å². The summed E-state index contributed by atoms with van der Waals surface area (Å²) in [7, 11) is 2.76. The second-order valence-corrected chi connectivity index (χ2v) is 4.88. The van der Waals surface area contributed by atoms with Gasteiger partial charge in [0.2, 0.25) is 0 Å². The Morgan fingerprint density at radius 1 is 1.10 bits per heavy atom. The number of hydrogen-bond acceptors (Lipinski definition) is 7. The summed E-state index contributed by atoms with van der Waals surface area (Å²) >= 11 is 2.01. The van der Waals surface area contributed by atoms with Gasteiger partial charge in [-0.25, -0.2) is 4.79 Å². The van der Waals surface area contributed by atoms with Crippen molar-refractivity contribution in [2.24, 2.45) is 0 Å². The molecule has 0 saturated carbocycles. The fraction of sp³-hybridized carbons (Fsp3) is 0.167. The van der Waals surface area contributed by atoms with Gasteiger partial charge in [-0.05, 0) is 40.8 Å². The van der Waals surface area contributed by atoms with Crippen molar-refractivity contribution in [3.05, 3.63) is 27.3 Å². The average molecular weight is 403 g/mol. The Morgan fingerprint density at radius 2 is 1.67 bits per heavy atom. The van der Waals surface area contributed by atoms with E-state index in [2.05, 4.69) is 15.0 Å². The topological polar surface area (TPSA) is 104 Å². The minimum atomic E-state index is -1.11. The molecule has 0 aliphatic rings. The lowest BCUT2D eigenvalue weighted by atomic mass is 10.2. The van der Waals surface area contributed by atoms with E-state index >= 15 is 0 Å². The zero-order valence-corrected chi connectivity index (χ0v) is 13.2. The van der Waals surface area contributed by atoms with E-state index < -0.39 is 5.97 Å². The molecule has 0 aliphatic carbocycles. The number of carboxylic acid groups (broad SMARTS) is 1. The Kier molecular flexibility index (Phi) is 4.73. The number of ether oxygens (including phenoxy) is 3. The highest BCUT2D eigenvalue weighted by atomic mass is 127. The smallest absolute Gasteiger partial charge is 0.339 e. The second kappa shape index (κ2) is 6.52. The van der Waals surface area contributed by atoms with E-state index in [1.165, 1.54) is 26.4 Å². The van der Waals surface area contributed by atoms with Crippen molar-refractivity contribution in [1.29, 1.82) is 0 Å². The van der Waals surface area contributed by atoms with Gasteiger partial charge in [0.1, 0.15) is 11.3 Å². The number of carbonyl (C=O) groups is 1. The third-order valence-corrected chi connectivity index (χ3v) is 2.98. The normalized spacial score (nSPS) is 10.0. The van der Waals surface area contributed by atoms with Gasteiger partial charge < -0.3 is 19.3 Å². The van der Waals surface area contributed by atoms with Crippen molar-refractivity contribution < 1.29 is 24.1 Å². The average Bonchev–Trinajstić information content (AvgIpc) is 2.48. The van der Waals surface area contributed by atoms with Gasteiger partial charge in [0, 0.05) is 3.57 Å². The Hall–Kier alpha value is -2.17. The van der Waals surface area contributed by atoms with E-state index in [9.17, 15) is 9.90 Å². The van der Waals surface area contributed by atoms with E-state index in [4.69, 9.17) is 14.2 Å². The molecule has 0 unspecified atom stereocenters. The fourth-order valence-corrected chi connectivity index (χ4v) is 1.90. The molecule has 0 saturated heterocycles. The minimum absolute atomic E-state index is 0.000228. The summed E-state index contributed by atoms with van der Waals surface area (Å²) in [5, 5.41) is 9.18. The van der Waals surface area contributed by atoms with Gasteiger partial charge in [-0.2, -0.15) is 0 Å². The van der Waals surface area contributed by atoms with Crippen molar-refractivity contribution in [3.63, 3.8) is 0 Å². The molecule has 1 heterocycles. The standard InChI is InChI=1S/C12H10IN3O5/c1-19-10-14-11(20-2)16-12(15-10)21-8-4-3-6(13)5-7(8)9(17)18/h3-5H,1-2H3,(H,17,18). The molecule has 1 aromatic carbocycles. The van der Waals surface area contributed by atoms with Crippen LogP contribution in [-0.2, 0) is 0 Å². The molecule has 0 fully saturated rings. The van der Waals surface area contributed by atoms with Crippen LogP contribution in [-0.4, -0.2) is 40.2 Å². The van der Waals surface area contributed by atoms with Crippen LogP contribution in [0.15, 0.2) is 18.2 Å². The van der Waals surface area contributed by atoms with E-state index in [-0.39, 0.29) is 29.3 Å². The third kappa shape index (κ3) is 3.68. The van der Waals surface area contributed by atoms with Crippen LogP contribution < -0.4 is 14.2 Å². The monoisotopic (exact) mass is 403 g/mol. The van der Waals surface area contributed by atoms with E-state index in [0.717, 1.165) is 3.57 Å². The van der Waals surface area contributed by atoms with Crippen molar-refractivity contribution in [1.82, 2.24) is 15.0 Å². The molecular formula is C12H10IN3O5. The number of hydrogen-bond donors (Lipinski definition) is 1. The molecule has 2 aromatic rings. The van der Waals surface area contributed by atoms with Crippen molar-refractivity contribution in [3.8, 4) is 23.8 Å². The zero-order chi connectivity index (χ0) is 15.4. The molecule has 1 aromatic heterocycles. The maximum absolute atomic E-state index is 11.2. The molecule has 110 valence electrons. The molecule has 0 aliphatic heterocycles. The summed E-state index contributed by atoms with van der Waals surface area (Å²) in [4.78, 5) is 22.8. The number of benzene rings is 1. The SMILES string of the molecule is COc1nc(OC)nc(Oc2ccc(I)cc2C(=O)O)n1. The van der Waals surface area contributed by atoms with Gasteiger partial charge in [0.25, 0.3) is 0 Å². The molecular weight excluding hydrogens is 393 g/mol. The lowest BCUT2D eigenvalue weighted by Crippen LogP contribution is -2.04. The highest BCUT2D eigenvalue weighted by molar-refractivity contribution is 14.1. The maximum Gasteiger partial charge on any atom is 0.339 e. The highest BCUT2D eigenvalue weighted by Crippen LogP contribution is 2.26. The fourth-order valence-electron chi connectivity index (χ4n) is 1.41. The van der Waals surface area contributed by atoms with Crippen molar-refractivity contribution in [2.45, 2.75) is 0 Å². The van der Waals surface area contributed by atoms with Crippen LogP contribution in [0.4, 0.5) is 0 Å². The van der Waals surface area contributed by atoms with Gasteiger partial charge in [0.05, 0.1) is 14.2 Å². The lowest BCUT2D eigenvalue weighted by molar-refractivity contribution is 0.0694. The van der Waals surface area contributed by atoms with E-state index in [0.29, 0.717) is 0 Å². The second-order valence-electron chi connectivity index (χ2n) is 3.64. The van der Waals surface area contributed by atoms with Gasteiger partial charge in [0.15, 0.2) is 0 Å². The van der Waals surface area contributed by atoms with Gasteiger partial charge in [-0.3, -0.25) is 0 Å². The predicted octanol–water partition coefficient (Wildman–Crippen LogP) is 1.98. The van der Waals surface area contributed by atoms with Crippen LogP contribution in [0.25, 0.3) is 0 Å². The molecule has 0 bridgehead atoms. The molecule has 9 heteroatoms. The number of halogens is 1. The van der Waals surface area contributed by atoms with Gasteiger partial charge in [-0.15, -0.1) is 15.0 Å². The first-order valence-electron chi connectivity index (χ1n) is 5.58. The minimum Gasteiger partial charge on any atom is -0.478 e. The molecule has 8 nitrogen and oxygen atoms in total. The molecule has 2 rings (SSSR count). The number of methoxy groups -OCH3 is 2. The van der Waals surface area contributed by atoms with Crippen LogP contribution in [0.5, 0.6) is 23.8 Å². The van der Waals surface area contributed by atoms with Gasteiger partial charge >= 0.3 is 24.0 Å². The summed E-state index contributed by atoms with van der Waals surface area (Å²) in [5.74, 6) is -1.00. The summed E-state index contributed by atoms with van der Waals surface area (Å²) < 4.78 is 16.0. The van der Waals surface area contributed by atoms with E-state index in [1.54, 1.807) is 6.07 Å². The predicted molar refractivity (Wildman–Crippen MR) is 79.1 cm³/mol. The lowest BCUT2D eigenvalue weighted by Gasteiger charge is -2.09. The van der Waals surface area contributed by atoms with E-state index in [1.807, 2.05) is 22.6 Å². The number of rotatable bonds is 5. The first-order chi connectivity index (χ1) is 10.0. The molecule has 0 amide bonds. The molecule has 0 spiro atoms. The van der Waals surface area contributed by atoms with Crippen LogP contribution in [0, 0.1) is 3.57 Å². The largest absolute Gasteiger partial charge is 0.478 e. The first kappa shape index (κ1) is 15.2. The van der Waals surface area contributed by atoms with Crippen LogP contribution in [0.1, 0.15) is 10.4 Å². The molecule has 0 atom stereocenters. The summed E-state index contributed by atoms with van der Waals surface area (Å²) in [5.41, 5.74) is 0.000228. The Morgan fingerprint density at radius 3 is 2.19 bits per heavy atom. The highest BCUT2D eigenvalue weighted by Gasteiger charge is 2.15. The summed E-state index contributed by atoms with van der Waals surface area (Å²) in [6.45, 7) is 0. The quantitative estimate of drug-likeness (QED) is 0.757. The van der Waals surface area contributed by atoms with Crippen LogP contribution in [0.2, 0.25) is 0 Å². The van der Waals surface area contributed by atoms with Crippen molar-refractivity contribution >= 4 is 28.6 Å². The molecule has 1 N–H and O–H groups in total. The van der Waals surface area contributed by atoms with Crippen LogP contribution in [0.3, 0.4) is 0 Å². The maximum atomic E-state index is 11.2. The Labute approximate surface area is 133 Å². The molecule has 21 heavy (non-hydrogen) atoms.